The molecule has 1 unspecified atom stereocenters. The summed E-state index contributed by atoms with van der Waals surface area (Å²) in [5, 5.41) is 12.1. The zero-order chi connectivity index (χ0) is 17.4. The third kappa shape index (κ3) is 5.35. The smallest absolute Gasteiger partial charge is 0.244 e. The molecule has 0 bridgehead atoms. The summed E-state index contributed by atoms with van der Waals surface area (Å²) in [7, 11) is 0. The highest BCUT2D eigenvalue weighted by molar-refractivity contribution is 5.92. The van der Waals surface area contributed by atoms with Crippen molar-refractivity contribution in [2.45, 2.75) is 32.2 Å². The standard InChI is InChI=1S/C19H28N2O3/c1-3-19(2,10-13-22)20-18(23)9-6-16-4-7-17(8-5-16)21-11-14-24-15-12-21/h4-9,22H,3,10-15H2,1-2H3,(H,20,23)/b9-6+. The summed E-state index contributed by atoms with van der Waals surface area (Å²) in [6.45, 7) is 7.39. The molecule has 2 rings (SSSR count). The van der Waals surface area contributed by atoms with Crippen LogP contribution in [0.2, 0.25) is 0 Å². The Kier molecular flexibility index (Phi) is 6.82. The van der Waals surface area contributed by atoms with E-state index in [4.69, 9.17) is 9.84 Å². The van der Waals surface area contributed by atoms with Crippen LogP contribution in [0.1, 0.15) is 32.3 Å². The van der Waals surface area contributed by atoms with Crippen LogP contribution in [0.25, 0.3) is 6.08 Å². The predicted molar refractivity (Wildman–Crippen MR) is 97.0 cm³/mol. The molecule has 1 heterocycles. The van der Waals surface area contributed by atoms with Gasteiger partial charge in [-0.15, -0.1) is 0 Å². The topological polar surface area (TPSA) is 61.8 Å². The van der Waals surface area contributed by atoms with E-state index in [2.05, 4.69) is 22.3 Å². The van der Waals surface area contributed by atoms with Gasteiger partial charge in [0, 0.05) is 37.0 Å². The summed E-state index contributed by atoms with van der Waals surface area (Å²) in [6.07, 6.45) is 4.70. The van der Waals surface area contributed by atoms with Gasteiger partial charge in [-0.05, 0) is 43.5 Å². The highest BCUT2D eigenvalue weighted by atomic mass is 16.5. The molecule has 5 heteroatoms. The number of aliphatic hydroxyl groups excluding tert-OH is 1. The number of hydrogen-bond acceptors (Lipinski definition) is 4. The Morgan fingerprint density at radius 2 is 2.00 bits per heavy atom. The molecule has 1 aromatic carbocycles. The van der Waals surface area contributed by atoms with Gasteiger partial charge >= 0.3 is 0 Å². The van der Waals surface area contributed by atoms with Gasteiger partial charge in [0.2, 0.25) is 5.91 Å². The van der Waals surface area contributed by atoms with Gasteiger partial charge in [0.1, 0.15) is 0 Å². The molecule has 0 saturated carbocycles. The van der Waals surface area contributed by atoms with Gasteiger partial charge in [-0.3, -0.25) is 4.79 Å². The lowest BCUT2D eigenvalue weighted by Gasteiger charge is -2.29. The first-order valence-electron chi connectivity index (χ1n) is 8.60. The molecule has 1 aliphatic heterocycles. The molecular weight excluding hydrogens is 304 g/mol. The van der Waals surface area contributed by atoms with E-state index in [1.165, 1.54) is 5.69 Å². The average Bonchev–Trinajstić information content (AvgIpc) is 2.61. The molecule has 0 spiro atoms. The minimum absolute atomic E-state index is 0.0668. The lowest BCUT2D eigenvalue weighted by atomic mass is 9.95. The second-order valence-electron chi connectivity index (χ2n) is 6.40. The van der Waals surface area contributed by atoms with Gasteiger partial charge in [0.05, 0.1) is 13.2 Å². The van der Waals surface area contributed by atoms with Crippen molar-refractivity contribution in [3.8, 4) is 0 Å². The van der Waals surface area contributed by atoms with Crippen molar-refractivity contribution >= 4 is 17.7 Å². The molecule has 0 radical (unpaired) electrons. The summed E-state index contributed by atoms with van der Waals surface area (Å²) in [6, 6.07) is 8.18. The van der Waals surface area contributed by atoms with Crippen molar-refractivity contribution in [2.24, 2.45) is 0 Å². The molecule has 1 atom stereocenters. The predicted octanol–water partition coefficient (Wildman–Crippen LogP) is 2.20. The maximum Gasteiger partial charge on any atom is 0.244 e. The number of rotatable bonds is 7. The third-order valence-corrected chi connectivity index (χ3v) is 4.57. The summed E-state index contributed by atoms with van der Waals surface area (Å²) < 4.78 is 5.36. The molecule has 1 aliphatic rings. The van der Waals surface area contributed by atoms with E-state index in [1.54, 1.807) is 6.08 Å². The Bertz CT molecular complexity index is 550. The molecule has 1 fully saturated rings. The number of hydrogen-bond donors (Lipinski definition) is 2. The Hall–Kier alpha value is -1.85. The molecule has 1 saturated heterocycles. The van der Waals surface area contributed by atoms with E-state index in [-0.39, 0.29) is 18.1 Å². The molecule has 5 nitrogen and oxygen atoms in total. The highest BCUT2D eigenvalue weighted by Crippen LogP contribution is 2.17. The van der Waals surface area contributed by atoms with E-state index < -0.39 is 0 Å². The Morgan fingerprint density at radius 1 is 1.33 bits per heavy atom. The van der Waals surface area contributed by atoms with Crippen LogP contribution in [0.4, 0.5) is 5.69 Å². The van der Waals surface area contributed by atoms with Crippen LogP contribution in [-0.2, 0) is 9.53 Å². The fourth-order valence-corrected chi connectivity index (χ4v) is 2.70. The van der Waals surface area contributed by atoms with Gasteiger partial charge in [-0.25, -0.2) is 0 Å². The minimum Gasteiger partial charge on any atom is -0.396 e. The van der Waals surface area contributed by atoms with Crippen LogP contribution in [-0.4, -0.2) is 49.5 Å². The second-order valence-corrected chi connectivity index (χ2v) is 6.40. The molecule has 0 aliphatic carbocycles. The van der Waals surface area contributed by atoms with E-state index in [9.17, 15) is 4.79 Å². The normalized spacial score (nSPS) is 17.7. The summed E-state index contributed by atoms with van der Waals surface area (Å²) in [5.41, 5.74) is 1.81. The zero-order valence-electron chi connectivity index (χ0n) is 14.6. The number of morpholine rings is 1. The van der Waals surface area contributed by atoms with Crippen LogP contribution in [0, 0.1) is 0 Å². The number of carbonyl (C=O) groups is 1. The minimum atomic E-state index is -0.365. The largest absolute Gasteiger partial charge is 0.396 e. The van der Waals surface area contributed by atoms with Gasteiger partial charge in [-0.1, -0.05) is 19.1 Å². The van der Waals surface area contributed by atoms with Crippen molar-refractivity contribution in [1.82, 2.24) is 5.32 Å². The van der Waals surface area contributed by atoms with Crippen LogP contribution in [0.5, 0.6) is 0 Å². The number of amides is 1. The first kappa shape index (κ1) is 18.5. The fraction of sp³-hybridized carbons (Fsp3) is 0.526. The number of nitrogens with one attached hydrogen (secondary N) is 1. The summed E-state index contributed by atoms with van der Waals surface area (Å²) in [4.78, 5) is 14.4. The van der Waals surface area contributed by atoms with Crippen LogP contribution < -0.4 is 10.2 Å². The molecule has 132 valence electrons. The van der Waals surface area contributed by atoms with Crippen LogP contribution >= 0.6 is 0 Å². The van der Waals surface area contributed by atoms with Crippen LogP contribution in [0.3, 0.4) is 0 Å². The van der Waals surface area contributed by atoms with Crippen molar-refractivity contribution in [3.05, 3.63) is 35.9 Å². The molecule has 1 aromatic rings. The van der Waals surface area contributed by atoms with E-state index in [0.717, 1.165) is 38.3 Å². The Morgan fingerprint density at radius 3 is 2.58 bits per heavy atom. The van der Waals surface area contributed by atoms with Gasteiger partial charge < -0.3 is 20.1 Å². The van der Waals surface area contributed by atoms with Crippen molar-refractivity contribution in [2.75, 3.05) is 37.8 Å². The Balaban J connectivity index is 1.92. The molecule has 2 N–H and O–H groups in total. The SMILES string of the molecule is CCC(C)(CCO)NC(=O)/C=C/c1ccc(N2CCOCC2)cc1. The molecule has 0 aromatic heterocycles. The van der Waals surface area contributed by atoms with Crippen molar-refractivity contribution < 1.29 is 14.6 Å². The monoisotopic (exact) mass is 332 g/mol. The Labute approximate surface area is 144 Å². The van der Waals surface area contributed by atoms with Crippen LogP contribution in [0.15, 0.2) is 30.3 Å². The van der Waals surface area contributed by atoms with E-state index in [1.807, 2.05) is 32.1 Å². The lowest BCUT2D eigenvalue weighted by molar-refractivity contribution is -0.118. The number of nitrogens with zero attached hydrogens (tertiary/aromatic N) is 1. The third-order valence-electron chi connectivity index (χ3n) is 4.57. The molecule has 1 amide bonds. The number of anilines is 1. The molecular formula is C19H28N2O3. The summed E-state index contributed by atoms with van der Waals surface area (Å²) in [5.74, 6) is -0.134. The number of benzene rings is 1. The fourth-order valence-electron chi connectivity index (χ4n) is 2.70. The zero-order valence-corrected chi connectivity index (χ0v) is 14.6. The maximum absolute atomic E-state index is 12.1. The number of ether oxygens (including phenoxy) is 1. The van der Waals surface area contributed by atoms with Crippen molar-refractivity contribution in [3.63, 3.8) is 0 Å². The highest BCUT2D eigenvalue weighted by Gasteiger charge is 2.22. The van der Waals surface area contributed by atoms with Gasteiger partial charge in [-0.2, -0.15) is 0 Å². The maximum atomic E-state index is 12.1. The lowest BCUT2D eigenvalue weighted by Crippen LogP contribution is -2.45. The number of aliphatic hydroxyl groups is 1. The second kappa shape index (κ2) is 8.85. The number of carbonyl (C=O) groups excluding carboxylic acids is 1. The summed E-state index contributed by atoms with van der Waals surface area (Å²) >= 11 is 0. The first-order chi connectivity index (χ1) is 11.6. The van der Waals surface area contributed by atoms with E-state index in [0.29, 0.717) is 6.42 Å². The van der Waals surface area contributed by atoms with E-state index >= 15 is 0 Å². The molecule has 24 heavy (non-hydrogen) atoms. The van der Waals surface area contributed by atoms with Crippen molar-refractivity contribution in [1.29, 1.82) is 0 Å². The van der Waals surface area contributed by atoms with Gasteiger partial charge in [0.15, 0.2) is 0 Å². The average molecular weight is 332 g/mol. The first-order valence-corrected chi connectivity index (χ1v) is 8.60. The quantitative estimate of drug-likeness (QED) is 0.752. The van der Waals surface area contributed by atoms with Gasteiger partial charge in [0.25, 0.3) is 0 Å².